The number of nitrogens with zero attached hydrogens (tertiary/aromatic N) is 2. The highest BCUT2D eigenvalue weighted by atomic mass is 19.4. The number of nitrogens with one attached hydrogen (secondary N) is 1. The molecule has 0 saturated carbocycles. The molecule has 0 radical (unpaired) electrons. The highest BCUT2D eigenvalue weighted by molar-refractivity contribution is 5.28. The van der Waals surface area contributed by atoms with E-state index in [2.05, 4.69) is 10.1 Å². The molecule has 0 aromatic carbocycles. The molecule has 18 heavy (non-hydrogen) atoms. The fourth-order valence-corrected chi connectivity index (χ4v) is 1.48. The van der Waals surface area contributed by atoms with Gasteiger partial charge in [0.1, 0.15) is 0 Å². The number of pyridine rings is 1. The fourth-order valence-electron chi connectivity index (χ4n) is 1.48. The van der Waals surface area contributed by atoms with Gasteiger partial charge in [-0.15, -0.1) is 0 Å². The Kier molecular flexibility index (Phi) is 2.76. The smallest absolute Gasteiger partial charge is 0.294 e. The van der Waals surface area contributed by atoms with Crippen molar-refractivity contribution in [3.8, 4) is 5.82 Å². The van der Waals surface area contributed by atoms with Crippen molar-refractivity contribution < 1.29 is 13.2 Å². The maximum atomic E-state index is 12.4. The van der Waals surface area contributed by atoms with Gasteiger partial charge < -0.3 is 0 Å². The number of H-pyrrole nitrogens is 1. The molecular weight excluding hydrogens is 247 g/mol. The number of aryl methyl sites for hydroxylation is 1. The summed E-state index contributed by atoms with van der Waals surface area (Å²) >= 11 is 0. The van der Waals surface area contributed by atoms with Crippen LogP contribution in [-0.2, 0) is 6.18 Å². The molecule has 0 saturated heterocycles. The van der Waals surface area contributed by atoms with Crippen molar-refractivity contribution in [3.05, 3.63) is 45.5 Å². The number of hydrogen-bond donors (Lipinski definition) is 1. The van der Waals surface area contributed by atoms with E-state index < -0.39 is 11.7 Å². The Labute approximate surface area is 100 Å². The zero-order valence-corrected chi connectivity index (χ0v) is 9.67. The molecule has 0 aliphatic rings. The third-order valence-corrected chi connectivity index (χ3v) is 2.67. The Bertz CT molecular complexity index is 622. The van der Waals surface area contributed by atoms with Crippen molar-refractivity contribution >= 4 is 0 Å². The van der Waals surface area contributed by atoms with E-state index >= 15 is 0 Å². The molecule has 0 aliphatic heterocycles. The average Bonchev–Trinajstić information content (AvgIpc) is 2.56. The Morgan fingerprint density at radius 2 is 1.94 bits per heavy atom. The van der Waals surface area contributed by atoms with Gasteiger partial charge in [0.05, 0.1) is 5.56 Å². The summed E-state index contributed by atoms with van der Waals surface area (Å²) in [6.45, 7) is 3.34. The number of alkyl halides is 3. The summed E-state index contributed by atoms with van der Waals surface area (Å²) in [5.74, 6) is 0.129. The van der Waals surface area contributed by atoms with Gasteiger partial charge in [0.25, 0.3) is 5.56 Å². The lowest BCUT2D eigenvalue weighted by molar-refractivity contribution is -0.137. The second-order valence-corrected chi connectivity index (χ2v) is 3.91. The molecule has 0 aliphatic carbocycles. The van der Waals surface area contributed by atoms with Crippen molar-refractivity contribution in [1.29, 1.82) is 0 Å². The molecule has 4 nitrogen and oxygen atoms in total. The van der Waals surface area contributed by atoms with Crippen molar-refractivity contribution in [3.63, 3.8) is 0 Å². The predicted molar refractivity (Wildman–Crippen MR) is 58.7 cm³/mol. The number of halogens is 3. The summed E-state index contributed by atoms with van der Waals surface area (Å²) < 4.78 is 38.2. The fraction of sp³-hybridized carbons (Fsp3) is 0.273. The highest BCUT2D eigenvalue weighted by Gasteiger charge is 2.30. The minimum atomic E-state index is -4.43. The van der Waals surface area contributed by atoms with Crippen molar-refractivity contribution in [2.24, 2.45) is 0 Å². The molecule has 7 heteroatoms. The molecule has 0 atom stereocenters. The molecule has 2 aromatic rings. The first-order valence-electron chi connectivity index (χ1n) is 5.12. The number of aromatic amines is 1. The molecule has 1 N–H and O–H groups in total. The van der Waals surface area contributed by atoms with E-state index in [1.165, 1.54) is 0 Å². The Morgan fingerprint density at radius 3 is 2.33 bits per heavy atom. The molecule has 2 rings (SSSR count). The van der Waals surface area contributed by atoms with Gasteiger partial charge in [-0.3, -0.25) is 9.89 Å². The quantitative estimate of drug-likeness (QED) is 0.851. The van der Waals surface area contributed by atoms with Crippen LogP contribution in [0.2, 0.25) is 0 Å². The van der Waals surface area contributed by atoms with Gasteiger partial charge in [0.15, 0.2) is 5.82 Å². The van der Waals surface area contributed by atoms with Crippen LogP contribution in [0.15, 0.2) is 23.1 Å². The highest BCUT2D eigenvalue weighted by Crippen LogP contribution is 2.28. The summed E-state index contributed by atoms with van der Waals surface area (Å²) in [4.78, 5) is 15.4. The number of rotatable bonds is 1. The van der Waals surface area contributed by atoms with E-state index in [4.69, 9.17) is 0 Å². The average molecular weight is 257 g/mol. The summed E-state index contributed by atoms with van der Waals surface area (Å²) in [7, 11) is 0. The lowest BCUT2D eigenvalue weighted by Crippen LogP contribution is -2.17. The van der Waals surface area contributed by atoms with Crippen LogP contribution in [0.5, 0.6) is 0 Å². The van der Waals surface area contributed by atoms with E-state index in [0.29, 0.717) is 17.5 Å². The minimum Gasteiger partial charge on any atom is -0.294 e. The first-order valence-corrected chi connectivity index (χ1v) is 5.12. The normalized spacial score (nSPS) is 11.8. The summed E-state index contributed by atoms with van der Waals surface area (Å²) in [6, 6.07) is 2.04. The van der Waals surface area contributed by atoms with Crippen LogP contribution < -0.4 is 5.56 Å². The van der Waals surface area contributed by atoms with Crippen LogP contribution in [0.4, 0.5) is 13.2 Å². The van der Waals surface area contributed by atoms with Gasteiger partial charge in [0, 0.05) is 17.5 Å². The SMILES string of the molecule is Cc1[nH]n(-c2ccc(C(F)(F)F)cn2)c(=O)c1C. The molecule has 0 unspecified atom stereocenters. The van der Waals surface area contributed by atoms with Gasteiger partial charge in [-0.25, -0.2) is 9.67 Å². The molecule has 96 valence electrons. The van der Waals surface area contributed by atoms with Crippen LogP contribution in [-0.4, -0.2) is 14.8 Å². The van der Waals surface area contributed by atoms with Crippen molar-refractivity contribution in [2.75, 3.05) is 0 Å². The zero-order chi connectivity index (χ0) is 13.5. The molecule has 2 aromatic heterocycles. The zero-order valence-electron chi connectivity index (χ0n) is 9.67. The monoisotopic (exact) mass is 257 g/mol. The molecule has 2 heterocycles. The minimum absolute atomic E-state index is 0.129. The van der Waals surface area contributed by atoms with Crippen LogP contribution >= 0.6 is 0 Å². The number of hydrogen-bond acceptors (Lipinski definition) is 2. The topological polar surface area (TPSA) is 50.7 Å². The molecule has 0 fully saturated rings. The maximum Gasteiger partial charge on any atom is 0.417 e. The Hall–Kier alpha value is -2.05. The van der Waals surface area contributed by atoms with Gasteiger partial charge in [-0.1, -0.05) is 0 Å². The first kappa shape index (κ1) is 12.4. The van der Waals surface area contributed by atoms with Crippen LogP contribution in [0, 0.1) is 13.8 Å². The molecule has 0 bridgehead atoms. The lowest BCUT2D eigenvalue weighted by Gasteiger charge is -2.06. The van der Waals surface area contributed by atoms with Crippen LogP contribution in [0.3, 0.4) is 0 Å². The van der Waals surface area contributed by atoms with Crippen LogP contribution in [0.1, 0.15) is 16.8 Å². The molecular formula is C11H10F3N3O. The second-order valence-electron chi connectivity index (χ2n) is 3.91. The lowest BCUT2D eigenvalue weighted by atomic mass is 10.3. The van der Waals surface area contributed by atoms with Crippen LogP contribution in [0.25, 0.3) is 5.82 Å². The Balaban J connectivity index is 2.47. The predicted octanol–water partition coefficient (Wildman–Crippen LogP) is 2.20. The third-order valence-electron chi connectivity index (χ3n) is 2.67. The van der Waals surface area contributed by atoms with E-state index in [-0.39, 0.29) is 11.4 Å². The maximum absolute atomic E-state index is 12.4. The van der Waals surface area contributed by atoms with E-state index in [1.807, 2.05) is 0 Å². The first-order chi connectivity index (χ1) is 8.30. The van der Waals surface area contributed by atoms with Gasteiger partial charge >= 0.3 is 6.18 Å². The number of aromatic nitrogens is 3. The summed E-state index contributed by atoms with van der Waals surface area (Å²) in [6.07, 6.45) is -3.73. The van der Waals surface area contributed by atoms with E-state index in [0.717, 1.165) is 16.8 Å². The Morgan fingerprint density at radius 1 is 1.28 bits per heavy atom. The van der Waals surface area contributed by atoms with Crippen molar-refractivity contribution in [1.82, 2.24) is 14.8 Å². The molecule has 0 amide bonds. The standard InChI is InChI=1S/C11H10F3N3O/c1-6-7(2)16-17(10(6)18)9-4-3-8(5-15-9)11(12,13)14/h3-5,16H,1-2H3. The van der Waals surface area contributed by atoms with Gasteiger partial charge in [0.2, 0.25) is 0 Å². The summed E-state index contributed by atoms with van der Waals surface area (Å²) in [5, 5.41) is 2.75. The second kappa shape index (κ2) is 4.01. The molecule has 0 spiro atoms. The third kappa shape index (κ3) is 2.03. The van der Waals surface area contributed by atoms with E-state index in [9.17, 15) is 18.0 Å². The largest absolute Gasteiger partial charge is 0.417 e. The van der Waals surface area contributed by atoms with Gasteiger partial charge in [-0.2, -0.15) is 13.2 Å². The van der Waals surface area contributed by atoms with Crippen molar-refractivity contribution in [2.45, 2.75) is 20.0 Å². The van der Waals surface area contributed by atoms with E-state index in [1.54, 1.807) is 13.8 Å². The summed E-state index contributed by atoms with van der Waals surface area (Å²) in [5.41, 5.74) is -0.00236. The van der Waals surface area contributed by atoms with Gasteiger partial charge in [-0.05, 0) is 26.0 Å².